The number of carbonyl (C=O) groups is 1. The van der Waals surface area contributed by atoms with Crippen LogP contribution in [0.5, 0.6) is 11.5 Å². The van der Waals surface area contributed by atoms with E-state index in [1.807, 2.05) is 12.3 Å². The highest BCUT2D eigenvalue weighted by atomic mass is 79.9. The van der Waals surface area contributed by atoms with E-state index in [4.69, 9.17) is 13.9 Å². The van der Waals surface area contributed by atoms with Gasteiger partial charge in [-0.1, -0.05) is 0 Å². The Morgan fingerprint density at radius 3 is 2.57 bits per heavy atom. The van der Waals surface area contributed by atoms with Gasteiger partial charge < -0.3 is 19.2 Å². The van der Waals surface area contributed by atoms with Crippen LogP contribution < -0.4 is 14.8 Å². The van der Waals surface area contributed by atoms with E-state index in [0.29, 0.717) is 40.6 Å². The fourth-order valence-electron chi connectivity index (χ4n) is 1.96. The van der Waals surface area contributed by atoms with Crippen LogP contribution in [-0.2, 0) is 0 Å². The zero-order valence-corrected chi connectivity index (χ0v) is 13.5. The summed E-state index contributed by atoms with van der Waals surface area (Å²) < 4.78 is 16.7. The molecule has 21 heavy (non-hydrogen) atoms. The van der Waals surface area contributed by atoms with Gasteiger partial charge in [0.15, 0.2) is 16.2 Å². The van der Waals surface area contributed by atoms with Gasteiger partial charge in [-0.15, -0.1) is 11.8 Å². The van der Waals surface area contributed by atoms with Gasteiger partial charge in [0.25, 0.3) is 5.91 Å². The average molecular weight is 370 g/mol. The van der Waals surface area contributed by atoms with Crippen LogP contribution in [0.4, 0.5) is 5.69 Å². The maximum absolute atomic E-state index is 12.2. The number of thioether (sulfide) groups is 1. The Labute approximate surface area is 134 Å². The molecule has 0 spiro atoms. The summed E-state index contributed by atoms with van der Waals surface area (Å²) in [6.07, 6.45) is 3.34. The van der Waals surface area contributed by atoms with Gasteiger partial charge in [-0.2, -0.15) is 0 Å². The molecule has 7 heteroatoms. The van der Waals surface area contributed by atoms with E-state index in [1.54, 1.807) is 12.1 Å². The number of furan rings is 1. The second kappa shape index (κ2) is 6.03. The lowest BCUT2D eigenvalue weighted by Gasteiger charge is -2.20. The van der Waals surface area contributed by atoms with Crippen LogP contribution in [0.2, 0.25) is 0 Å². The summed E-state index contributed by atoms with van der Waals surface area (Å²) >= 11 is 4.70. The van der Waals surface area contributed by atoms with Crippen LogP contribution in [0.25, 0.3) is 0 Å². The van der Waals surface area contributed by atoms with Gasteiger partial charge >= 0.3 is 0 Å². The van der Waals surface area contributed by atoms with Gasteiger partial charge in [-0.25, -0.2) is 0 Å². The van der Waals surface area contributed by atoms with E-state index in [2.05, 4.69) is 21.2 Å². The van der Waals surface area contributed by atoms with Crippen LogP contribution in [0.15, 0.2) is 38.4 Å². The third-order valence-corrected chi connectivity index (χ3v) is 4.14. The first-order valence-electron chi connectivity index (χ1n) is 6.20. The number of ether oxygens (including phenoxy) is 2. The minimum atomic E-state index is -0.239. The topological polar surface area (TPSA) is 60.7 Å². The van der Waals surface area contributed by atoms with E-state index in [1.165, 1.54) is 18.0 Å². The van der Waals surface area contributed by atoms with Crippen LogP contribution in [0, 0.1) is 0 Å². The molecular formula is C14H12BrNO4S. The van der Waals surface area contributed by atoms with E-state index in [9.17, 15) is 4.79 Å². The smallest absolute Gasteiger partial charge is 0.258 e. The number of benzene rings is 1. The highest BCUT2D eigenvalue weighted by Crippen LogP contribution is 2.39. The zero-order chi connectivity index (χ0) is 14.8. The number of amides is 1. The number of carbonyl (C=O) groups excluding carboxylic acids is 1. The molecule has 1 amide bonds. The van der Waals surface area contributed by atoms with Crippen molar-refractivity contribution < 1.29 is 18.7 Å². The monoisotopic (exact) mass is 369 g/mol. The molecule has 0 fully saturated rings. The Balaban J connectivity index is 1.88. The second-order valence-electron chi connectivity index (χ2n) is 4.29. The molecule has 5 nitrogen and oxygen atoms in total. The molecule has 0 saturated carbocycles. The van der Waals surface area contributed by atoms with Crippen molar-refractivity contribution in [1.82, 2.24) is 0 Å². The van der Waals surface area contributed by atoms with Crippen molar-refractivity contribution in [3.63, 3.8) is 0 Å². The van der Waals surface area contributed by atoms with Crippen molar-refractivity contribution in [2.45, 2.75) is 4.90 Å². The second-order valence-corrected chi connectivity index (χ2v) is 5.92. The molecule has 1 aromatic carbocycles. The summed E-state index contributed by atoms with van der Waals surface area (Å²) in [6.45, 7) is 1.04. The number of anilines is 1. The Kier molecular flexibility index (Phi) is 4.12. The first kappa shape index (κ1) is 14.3. The molecule has 0 radical (unpaired) electrons. The fraction of sp³-hybridized carbons (Fsp3) is 0.214. The van der Waals surface area contributed by atoms with Gasteiger partial charge in [-0.3, -0.25) is 4.79 Å². The van der Waals surface area contributed by atoms with Gasteiger partial charge in [0, 0.05) is 17.0 Å². The van der Waals surface area contributed by atoms with Gasteiger partial charge in [0.2, 0.25) is 0 Å². The zero-order valence-electron chi connectivity index (χ0n) is 11.1. The van der Waals surface area contributed by atoms with Crippen LogP contribution in [0.3, 0.4) is 0 Å². The molecule has 3 rings (SSSR count). The minimum Gasteiger partial charge on any atom is -0.486 e. The maximum atomic E-state index is 12.2. The molecule has 1 N–H and O–H groups in total. The molecule has 1 aliphatic rings. The molecular weight excluding hydrogens is 358 g/mol. The van der Waals surface area contributed by atoms with Gasteiger partial charge in [-0.05, 0) is 28.3 Å². The third kappa shape index (κ3) is 3.03. The number of rotatable bonds is 3. The molecule has 0 bridgehead atoms. The van der Waals surface area contributed by atoms with Crippen LogP contribution >= 0.6 is 27.7 Å². The van der Waals surface area contributed by atoms with Crippen LogP contribution in [-0.4, -0.2) is 25.4 Å². The number of halogens is 1. The Hall–Kier alpha value is -1.60. The Bertz CT molecular complexity index is 686. The molecule has 110 valence electrons. The Morgan fingerprint density at radius 1 is 1.24 bits per heavy atom. The van der Waals surface area contributed by atoms with E-state index < -0.39 is 0 Å². The lowest BCUT2D eigenvalue weighted by Crippen LogP contribution is -2.17. The summed E-state index contributed by atoms with van der Waals surface area (Å²) in [5.41, 5.74) is 1.14. The first-order chi connectivity index (χ1) is 10.2. The highest BCUT2D eigenvalue weighted by molar-refractivity contribution is 9.10. The fourth-order valence-corrected chi connectivity index (χ4v) is 2.86. The van der Waals surface area contributed by atoms with Crippen LogP contribution in [0.1, 0.15) is 10.4 Å². The highest BCUT2D eigenvalue weighted by Gasteiger charge is 2.18. The summed E-state index contributed by atoms with van der Waals surface area (Å²) in [5, 5.41) is 2.87. The average Bonchev–Trinajstić information content (AvgIpc) is 2.93. The molecule has 0 unspecified atom stereocenters. The quantitative estimate of drug-likeness (QED) is 0.834. The van der Waals surface area contributed by atoms with Gasteiger partial charge in [0.1, 0.15) is 19.5 Å². The first-order valence-corrected chi connectivity index (χ1v) is 8.22. The normalized spacial score (nSPS) is 13.0. The standard InChI is InChI=1S/C14H12BrNO4S/c1-21-12-6-11-10(18-2-3-19-11)5-9(12)16-14(17)8-4-13(15)20-7-8/h4-7H,2-3H2,1H3,(H,16,17). The molecule has 0 aliphatic carbocycles. The number of nitrogens with one attached hydrogen (secondary N) is 1. The van der Waals surface area contributed by atoms with Crippen molar-refractivity contribution in [2.75, 3.05) is 24.8 Å². The largest absolute Gasteiger partial charge is 0.486 e. The predicted octanol–water partition coefficient (Wildman–Crippen LogP) is 3.79. The molecule has 2 aromatic rings. The summed E-state index contributed by atoms with van der Waals surface area (Å²) in [4.78, 5) is 13.1. The summed E-state index contributed by atoms with van der Waals surface area (Å²) in [6, 6.07) is 5.28. The molecule has 0 atom stereocenters. The van der Waals surface area contributed by atoms with E-state index in [-0.39, 0.29) is 5.91 Å². The Morgan fingerprint density at radius 2 is 1.95 bits per heavy atom. The molecule has 0 saturated heterocycles. The maximum Gasteiger partial charge on any atom is 0.258 e. The SMILES string of the molecule is CSc1cc2c(cc1NC(=O)c1coc(Br)c1)OCCO2. The lowest BCUT2D eigenvalue weighted by molar-refractivity contribution is 0.102. The number of fused-ring (bicyclic) bond motifs is 1. The number of hydrogen-bond acceptors (Lipinski definition) is 5. The van der Waals surface area contributed by atoms with Crippen molar-refractivity contribution in [3.8, 4) is 11.5 Å². The third-order valence-electron chi connectivity index (χ3n) is 2.94. The van der Waals surface area contributed by atoms with Gasteiger partial charge in [0.05, 0.1) is 11.3 Å². The minimum absolute atomic E-state index is 0.239. The summed E-state index contributed by atoms with van der Waals surface area (Å²) in [5.74, 6) is 1.11. The van der Waals surface area contributed by atoms with Crippen molar-refractivity contribution in [2.24, 2.45) is 0 Å². The van der Waals surface area contributed by atoms with Crippen molar-refractivity contribution in [3.05, 3.63) is 34.7 Å². The molecule has 2 heterocycles. The van der Waals surface area contributed by atoms with Crippen molar-refractivity contribution >= 4 is 39.3 Å². The predicted molar refractivity (Wildman–Crippen MR) is 83.6 cm³/mol. The van der Waals surface area contributed by atoms with Crippen molar-refractivity contribution in [1.29, 1.82) is 0 Å². The van der Waals surface area contributed by atoms with E-state index in [0.717, 1.165) is 4.90 Å². The molecule has 1 aromatic heterocycles. The number of hydrogen-bond donors (Lipinski definition) is 1. The van der Waals surface area contributed by atoms with E-state index >= 15 is 0 Å². The lowest BCUT2D eigenvalue weighted by atomic mass is 10.2. The molecule has 1 aliphatic heterocycles. The summed E-state index contributed by atoms with van der Waals surface area (Å²) in [7, 11) is 0.